The number of rotatable bonds is 4. The number of anilines is 1. The molecular weight excluding hydrogens is 258 g/mol. The van der Waals surface area contributed by atoms with Crippen LogP contribution in [0.5, 0.6) is 0 Å². The lowest BCUT2D eigenvalue weighted by atomic mass is 9.79. The predicted molar refractivity (Wildman–Crippen MR) is 74.4 cm³/mol. The summed E-state index contributed by atoms with van der Waals surface area (Å²) in [5, 5.41) is 16.3. The number of amides is 1. The molecular formula is C14H21N3O3. The fourth-order valence-corrected chi connectivity index (χ4v) is 2.85. The quantitative estimate of drug-likeness (QED) is 0.883. The molecule has 1 aliphatic rings. The van der Waals surface area contributed by atoms with Gasteiger partial charge >= 0.3 is 5.97 Å². The monoisotopic (exact) mass is 279 g/mol. The van der Waals surface area contributed by atoms with Gasteiger partial charge in [0.05, 0.1) is 17.5 Å². The minimum Gasteiger partial charge on any atom is -0.481 e. The molecule has 0 aromatic carbocycles. The van der Waals surface area contributed by atoms with Gasteiger partial charge in [-0.25, -0.2) is 4.68 Å². The van der Waals surface area contributed by atoms with Gasteiger partial charge < -0.3 is 10.4 Å². The van der Waals surface area contributed by atoms with Gasteiger partial charge in [-0.15, -0.1) is 0 Å². The number of aromatic nitrogens is 2. The molecule has 1 aliphatic carbocycles. The van der Waals surface area contributed by atoms with Gasteiger partial charge in [0, 0.05) is 12.6 Å². The van der Waals surface area contributed by atoms with Gasteiger partial charge in [0.15, 0.2) is 0 Å². The first-order chi connectivity index (χ1) is 9.52. The number of nitrogens with zero attached hydrogens (tertiary/aromatic N) is 2. The van der Waals surface area contributed by atoms with Crippen LogP contribution in [0.4, 0.5) is 5.82 Å². The highest BCUT2D eigenvalue weighted by Crippen LogP contribution is 2.31. The standard InChI is InChI=1S/C14H21N3O3/c1-3-17-12(8-9(2)16-17)15-13(18)10-6-4-5-7-11(10)14(19)20/h8,10-11H,3-7H2,1-2H3,(H,15,18)(H,19,20). The third kappa shape index (κ3) is 3.00. The molecule has 6 nitrogen and oxygen atoms in total. The Morgan fingerprint density at radius 3 is 2.65 bits per heavy atom. The summed E-state index contributed by atoms with van der Waals surface area (Å²) >= 11 is 0. The number of hydrogen-bond acceptors (Lipinski definition) is 3. The molecule has 1 amide bonds. The Morgan fingerprint density at radius 1 is 1.40 bits per heavy atom. The van der Waals surface area contributed by atoms with Gasteiger partial charge in [-0.3, -0.25) is 9.59 Å². The van der Waals surface area contributed by atoms with E-state index in [1.807, 2.05) is 13.8 Å². The van der Waals surface area contributed by atoms with Crippen molar-refractivity contribution in [2.45, 2.75) is 46.1 Å². The van der Waals surface area contributed by atoms with E-state index in [-0.39, 0.29) is 5.91 Å². The average molecular weight is 279 g/mol. The van der Waals surface area contributed by atoms with E-state index in [4.69, 9.17) is 0 Å². The zero-order chi connectivity index (χ0) is 14.7. The maximum Gasteiger partial charge on any atom is 0.307 e. The Morgan fingerprint density at radius 2 is 2.05 bits per heavy atom. The Balaban J connectivity index is 2.11. The number of aliphatic carboxylic acids is 1. The summed E-state index contributed by atoms with van der Waals surface area (Å²) in [6, 6.07) is 1.81. The molecule has 1 saturated carbocycles. The van der Waals surface area contributed by atoms with Crippen LogP contribution in [-0.4, -0.2) is 26.8 Å². The SMILES string of the molecule is CCn1nc(C)cc1NC(=O)C1CCCCC1C(=O)O. The van der Waals surface area contributed by atoms with Crippen molar-refractivity contribution in [3.8, 4) is 0 Å². The van der Waals surface area contributed by atoms with E-state index in [0.29, 0.717) is 25.2 Å². The highest BCUT2D eigenvalue weighted by Gasteiger charge is 2.35. The van der Waals surface area contributed by atoms with Crippen LogP contribution in [0.3, 0.4) is 0 Å². The number of carbonyl (C=O) groups is 2. The van der Waals surface area contributed by atoms with Crippen LogP contribution in [0.1, 0.15) is 38.3 Å². The van der Waals surface area contributed by atoms with Crippen molar-refractivity contribution in [1.82, 2.24) is 9.78 Å². The lowest BCUT2D eigenvalue weighted by Gasteiger charge is -2.27. The lowest BCUT2D eigenvalue weighted by Crippen LogP contribution is -2.36. The van der Waals surface area contributed by atoms with Gasteiger partial charge in [0.2, 0.25) is 5.91 Å². The molecule has 2 unspecified atom stereocenters. The first-order valence-electron chi connectivity index (χ1n) is 7.11. The number of carboxylic acids is 1. The van der Waals surface area contributed by atoms with Crippen LogP contribution < -0.4 is 5.32 Å². The second kappa shape index (κ2) is 6.07. The van der Waals surface area contributed by atoms with E-state index in [0.717, 1.165) is 18.5 Å². The first kappa shape index (κ1) is 14.6. The molecule has 1 fully saturated rings. The highest BCUT2D eigenvalue weighted by molar-refractivity contribution is 5.94. The summed E-state index contributed by atoms with van der Waals surface area (Å²) in [6.07, 6.45) is 3.02. The summed E-state index contributed by atoms with van der Waals surface area (Å²) < 4.78 is 1.71. The van der Waals surface area contributed by atoms with Crippen LogP contribution in [0.25, 0.3) is 0 Å². The van der Waals surface area contributed by atoms with E-state index in [9.17, 15) is 14.7 Å². The van der Waals surface area contributed by atoms with Gasteiger partial charge in [0.1, 0.15) is 5.82 Å². The fraction of sp³-hybridized carbons (Fsp3) is 0.643. The zero-order valence-electron chi connectivity index (χ0n) is 11.9. The van der Waals surface area contributed by atoms with Crippen LogP contribution in [0.2, 0.25) is 0 Å². The van der Waals surface area contributed by atoms with Gasteiger partial charge in [0.25, 0.3) is 0 Å². The van der Waals surface area contributed by atoms with Gasteiger partial charge in [-0.1, -0.05) is 12.8 Å². The molecule has 1 heterocycles. The maximum absolute atomic E-state index is 12.3. The van der Waals surface area contributed by atoms with Gasteiger partial charge in [-0.2, -0.15) is 5.10 Å². The summed E-state index contributed by atoms with van der Waals surface area (Å²) in [6.45, 7) is 4.47. The van der Waals surface area contributed by atoms with Crippen molar-refractivity contribution in [3.05, 3.63) is 11.8 Å². The van der Waals surface area contributed by atoms with Crippen molar-refractivity contribution in [3.63, 3.8) is 0 Å². The second-order valence-electron chi connectivity index (χ2n) is 5.31. The summed E-state index contributed by atoms with van der Waals surface area (Å²) in [7, 11) is 0. The molecule has 2 rings (SSSR count). The first-order valence-corrected chi connectivity index (χ1v) is 7.11. The largest absolute Gasteiger partial charge is 0.481 e. The van der Waals surface area contributed by atoms with Crippen molar-refractivity contribution in [1.29, 1.82) is 0 Å². The zero-order valence-corrected chi connectivity index (χ0v) is 11.9. The van der Waals surface area contributed by atoms with Gasteiger partial charge in [-0.05, 0) is 26.7 Å². The van der Waals surface area contributed by atoms with Crippen molar-refractivity contribution >= 4 is 17.7 Å². The minimum atomic E-state index is -0.870. The van der Waals surface area contributed by atoms with E-state index >= 15 is 0 Å². The normalized spacial score (nSPS) is 22.5. The Bertz CT molecular complexity index is 510. The molecule has 2 N–H and O–H groups in total. The third-order valence-corrected chi connectivity index (χ3v) is 3.87. The molecule has 2 atom stereocenters. The number of nitrogens with one attached hydrogen (secondary N) is 1. The van der Waals surface area contributed by atoms with Crippen molar-refractivity contribution in [2.24, 2.45) is 11.8 Å². The molecule has 6 heteroatoms. The van der Waals surface area contributed by atoms with E-state index in [1.165, 1.54) is 0 Å². The van der Waals surface area contributed by atoms with E-state index in [1.54, 1.807) is 10.7 Å². The average Bonchev–Trinajstić information content (AvgIpc) is 2.78. The minimum absolute atomic E-state index is 0.202. The molecule has 0 spiro atoms. The molecule has 0 aliphatic heterocycles. The van der Waals surface area contributed by atoms with Crippen LogP contribution >= 0.6 is 0 Å². The predicted octanol–water partition coefficient (Wildman–Crippen LogP) is 2.04. The number of carbonyl (C=O) groups excluding carboxylic acids is 1. The Hall–Kier alpha value is -1.85. The van der Waals surface area contributed by atoms with E-state index < -0.39 is 17.8 Å². The molecule has 110 valence electrons. The molecule has 0 radical (unpaired) electrons. The Kier molecular flexibility index (Phi) is 4.42. The molecule has 1 aromatic rings. The summed E-state index contributed by atoms with van der Waals surface area (Å²) in [4.78, 5) is 23.6. The number of aryl methyl sites for hydroxylation is 2. The Labute approximate surface area is 118 Å². The topological polar surface area (TPSA) is 84.2 Å². The molecule has 20 heavy (non-hydrogen) atoms. The fourth-order valence-electron chi connectivity index (χ4n) is 2.85. The van der Waals surface area contributed by atoms with Crippen molar-refractivity contribution in [2.75, 3.05) is 5.32 Å². The highest BCUT2D eigenvalue weighted by atomic mass is 16.4. The van der Waals surface area contributed by atoms with Crippen LogP contribution in [-0.2, 0) is 16.1 Å². The van der Waals surface area contributed by atoms with E-state index in [2.05, 4.69) is 10.4 Å². The van der Waals surface area contributed by atoms with Crippen LogP contribution in [0, 0.1) is 18.8 Å². The molecule has 0 saturated heterocycles. The second-order valence-corrected chi connectivity index (χ2v) is 5.31. The van der Waals surface area contributed by atoms with Crippen molar-refractivity contribution < 1.29 is 14.7 Å². The maximum atomic E-state index is 12.3. The molecule has 1 aromatic heterocycles. The summed E-state index contributed by atoms with van der Waals surface area (Å²) in [5.74, 6) is -1.44. The number of carboxylic acid groups (broad SMARTS) is 1. The lowest BCUT2D eigenvalue weighted by molar-refractivity contribution is -0.147. The van der Waals surface area contributed by atoms with Crippen LogP contribution in [0.15, 0.2) is 6.07 Å². The molecule has 0 bridgehead atoms. The summed E-state index contributed by atoms with van der Waals surface area (Å²) in [5.41, 5.74) is 0.834. The smallest absolute Gasteiger partial charge is 0.307 e. The number of hydrogen-bond donors (Lipinski definition) is 2. The third-order valence-electron chi connectivity index (χ3n) is 3.87.